The number of carbonyl (C=O) groups is 2. The van der Waals surface area contributed by atoms with Crippen molar-refractivity contribution < 1.29 is 37.3 Å². The van der Waals surface area contributed by atoms with E-state index in [0.29, 0.717) is 56.2 Å². The molecule has 0 radical (unpaired) electrons. The van der Waals surface area contributed by atoms with E-state index in [4.69, 9.17) is 48.4 Å². The van der Waals surface area contributed by atoms with Crippen LogP contribution in [0.15, 0.2) is 114 Å². The number of carbonyl (C=O) groups excluding carboxylic acids is 1. The van der Waals surface area contributed by atoms with Crippen LogP contribution in [-0.2, 0) is 45.6 Å². The zero-order chi connectivity index (χ0) is 42.8. The van der Waals surface area contributed by atoms with Gasteiger partial charge in [-0.25, -0.2) is 18.2 Å². The van der Waals surface area contributed by atoms with Crippen LogP contribution in [0.3, 0.4) is 0 Å². The first-order valence-electron chi connectivity index (χ1n) is 18.8. The number of amides is 1. The number of nitrogen functional groups attached to an aromatic ring is 1. The minimum absolute atomic E-state index is 0.0323. The van der Waals surface area contributed by atoms with E-state index in [1.54, 1.807) is 48.5 Å². The van der Waals surface area contributed by atoms with Gasteiger partial charge in [0.1, 0.15) is 31.0 Å². The van der Waals surface area contributed by atoms with Gasteiger partial charge in [-0.3, -0.25) is 4.79 Å². The second kappa shape index (κ2) is 17.4. The lowest BCUT2D eigenvalue weighted by atomic mass is 9.94. The van der Waals surface area contributed by atoms with Crippen molar-refractivity contribution >= 4 is 61.6 Å². The van der Waals surface area contributed by atoms with Gasteiger partial charge in [-0.2, -0.15) is 9.57 Å². The number of thiazole rings is 1. The second-order valence-corrected chi connectivity index (χ2v) is 18.4. The lowest BCUT2D eigenvalue weighted by Gasteiger charge is -2.36. The maximum Gasteiger partial charge on any atom is 0.326 e. The van der Waals surface area contributed by atoms with Crippen LogP contribution < -0.4 is 25.3 Å². The summed E-state index contributed by atoms with van der Waals surface area (Å²) in [7, 11) is -4.35. The van der Waals surface area contributed by atoms with E-state index in [-0.39, 0.29) is 35.3 Å². The molecule has 4 N–H and O–H groups in total. The van der Waals surface area contributed by atoms with Crippen LogP contribution in [0.4, 0.5) is 5.13 Å². The molecule has 0 spiro atoms. The molecule has 0 fully saturated rings. The number of halogens is 2. The number of anilines is 1. The van der Waals surface area contributed by atoms with Gasteiger partial charge < -0.3 is 30.4 Å². The number of hydrogen-bond acceptors (Lipinski definition) is 11. The molecule has 1 amide bonds. The van der Waals surface area contributed by atoms with Crippen molar-refractivity contribution in [2.75, 3.05) is 12.3 Å². The third kappa shape index (κ3) is 9.14. The average molecular weight is 897 g/mol. The number of benzene rings is 5. The molecule has 5 aromatic carbocycles. The van der Waals surface area contributed by atoms with E-state index in [1.807, 2.05) is 54.6 Å². The lowest BCUT2D eigenvalue weighted by molar-refractivity contribution is -0.142. The van der Waals surface area contributed by atoms with Crippen LogP contribution in [0.1, 0.15) is 39.5 Å². The van der Waals surface area contributed by atoms with Crippen molar-refractivity contribution in [1.29, 1.82) is 5.26 Å². The van der Waals surface area contributed by atoms with Crippen LogP contribution in [0.5, 0.6) is 17.2 Å². The Morgan fingerprint density at radius 2 is 1.64 bits per heavy atom. The number of nitriles is 1. The summed E-state index contributed by atoms with van der Waals surface area (Å²) in [6.45, 7) is 0.246. The van der Waals surface area contributed by atoms with Crippen LogP contribution in [0, 0.1) is 11.3 Å². The molecule has 61 heavy (non-hydrogen) atoms. The number of fused-ring (bicyclic) bond motifs is 2. The van der Waals surface area contributed by atoms with Gasteiger partial charge in [0, 0.05) is 13.0 Å². The van der Waals surface area contributed by atoms with E-state index >= 15 is 0 Å². The Morgan fingerprint density at radius 3 is 2.30 bits per heavy atom. The molecule has 1 unspecified atom stereocenters. The number of aliphatic carboxylic acids is 1. The van der Waals surface area contributed by atoms with Crippen molar-refractivity contribution in [2.24, 2.45) is 0 Å². The number of aromatic nitrogens is 1. The summed E-state index contributed by atoms with van der Waals surface area (Å²) in [5.41, 5.74) is 11.6. The molecule has 310 valence electrons. The van der Waals surface area contributed by atoms with Crippen molar-refractivity contribution in [3.63, 3.8) is 0 Å². The fourth-order valence-electron chi connectivity index (χ4n) is 7.12. The molecule has 13 nitrogen and oxygen atoms in total. The Balaban J connectivity index is 0.993. The summed E-state index contributed by atoms with van der Waals surface area (Å²) >= 11 is 12.9. The summed E-state index contributed by atoms with van der Waals surface area (Å²) in [6, 6.07) is 29.8. The van der Waals surface area contributed by atoms with Gasteiger partial charge >= 0.3 is 5.97 Å². The molecule has 0 bridgehead atoms. The van der Waals surface area contributed by atoms with Crippen molar-refractivity contribution in [1.82, 2.24) is 14.6 Å². The number of nitrogens with two attached hydrogens (primary N) is 1. The molecule has 3 heterocycles. The highest BCUT2D eigenvalue weighted by molar-refractivity contribution is 7.91. The molecule has 3 atom stereocenters. The molecular weight excluding hydrogens is 862 g/mol. The maximum absolute atomic E-state index is 14.2. The van der Waals surface area contributed by atoms with Crippen molar-refractivity contribution in [2.45, 2.75) is 48.4 Å². The van der Waals surface area contributed by atoms with Gasteiger partial charge in [-0.05, 0) is 93.9 Å². The highest BCUT2D eigenvalue weighted by atomic mass is 35.5. The Kier molecular flexibility index (Phi) is 11.9. The third-order valence-corrected chi connectivity index (χ3v) is 14.2. The highest BCUT2D eigenvalue weighted by Gasteiger charge is 2.42. The molecule has 0 aliphatic carbocycles. The number of carboxylic acid groups (broad SMARTS) is 1. The first kappa shape index (κ1) is 41.6. The standard InChI is InChI=1S/C44H35Cl2N5O8S2/c45-34-14-5-27(15-35(34)46)23-57-33-12-10-30(11-13-33)40-24-58-38-18-31-17-37(51(22-32(31)19-39(38)59-40)61(55,56)41-21-49-44(48)60-41)42(52)50-36(43(53)54)16-25-1-6-28(7-2-25)29-8-3-26(20-47)4-9-29/h1-15,18-19,21,36-37,40H,16-17,22-24H2,(H2,48,49)(H,50,52)(H,53,54)/t36?,37-,40+/m0/s1. The monoisotopic (exact) mass is 895 g/mol. The predicted molar refractivity (Wildman–Crippen MR) is 229 cm³/mol. The first-order chi connectivity index (χ1) is 29.3. The van der Waals surface area contributed by atoms with Crippen LogP contribution in [0.2, 0.25) is 10.0 Å². The van der Waals surface area contributed by atoms with Crippen molar-refractivity contribution in [3.8, 4) is 34.4 Å². The summed E-state index contributed by atoms with van der Waals surface area (Å²) in [4.78, 5) is 30.6. The molecule has 1 aromatic heterocycles. The lowest BCUT2D eigenvalue weighted by Crippen LogP contribution is -2.55. The molecular formula is C44H35Cl2N5O8S2. The number of nitrogens with one attached hydrogen (secondary N) is 1. The number of carboxylic acids is 1. The number of hydrogen-bond donors (Lipinski definition) is 3. The van der Waals surface area contributed by atoms with E-state index < -0.39 is 40.1 Å². The van der Waals surface area contributed by atoms with E-state index in [0.717, 1.165) is 44.1 Å². The van der Waals surface area contributed by atoms with Crippen LogP contribution >= 0.6 is 34.5 Å². The Bertz CT molecular complexity index is 2780. The van der Waals surface area contributed by atoms with Gasteiger partial charge in [0.2, 0.25) is 5.91 Å². The minimum atomic E-state index is -4.35. The molecule has 0 saturated heterocycles. The molecule has 8 rings (SSSR count). The number of rotatable bonds is 12. The van der Waals surface area contributed by atoms with Gasteiger partial charge in [0.25, 0.3) is 10.0 Å². The summed E-state index contributed by atoms with van der Waals surface area (Å²) < 4.78 is 47.7. The van der Waals surface area contributed by atoms with E-state index in [9.17, 15) is 23.1 Å². The summed E-state index contributed by atoms with van der Waals surface area (Å²) in [5.74, 6) is -0.616. The van der Waals surface area contributed by atoms with Gasteiger partial charge in [-0.1, -0.05) is 89.1 Å². The van der Waals surface area contributed by atoms with E-state index in [1.165, 1.54) is 0 Å². The molecule has 17 heteroatoms. The Labute approximate surface area is 364 Å². The highest BCUT2D eigenvalue weighted by Crippen LogP contribution is 2.42. The second-order valence-electron chi connectivity index (χ2n) is 14.4. The largest absolute Gasteiger partial charge is 0.489 e. The zero-order valence-corrected chi connectivity index (χ0v) is 35.1. The third-order valence-electron chi connectivity index (χ3n) is 10.4. The number of nitrogens with zero attached hydrogens (tertiary/aromatic N) is 3. The fourth-order valence-corrected chi connectivity index (χ4v) is 10.1. The Hall–Kier alpha value is -6.15. The maximum atomic E-state index is 14.2. The topological polar surface area (TPSA) is 194 Å². The summed E-state index contributed by atoms with van der Waals surface area (Å²) in [5, 5.41) is 22.9. The summed E-state index contributed by atoms with van der Waals surface area (Å²) in [6.07, 6.45) is 0.505. The molecule has 2 aliphatic rings. The first-order valence-corrected chi connectivity index (χ1v) is 21.8. The van der Waals surface area contributed by atoms with Gasteiger partial charge in [0.05, 0.1) is 27.9 Å². The normalized spacial score (nSPS) is 16.5. The van der Waals surface area contributed by atoms with Crippen LogP contribution in [0.25, 0.3) is 11.1 Å². The van der Waals surface area contributed by atoms with Gasteiger partial charge in [-0.15, -0.1) is 0 Å². The quantitative estimate of drug-likeness (QED) is 0.110. The zero-order valence-electron chi connectivity index (χ0n) is 32.0. The molecule has 6 aromatic rings. The Morgan fingerprint density at radius 1 is 0.951 bits per heavy atom. The van der Waals surface area contributed by atoms with Gasteiger partial charge in [0.15, 0.2) is 26.9 Å². The predicted octanol–water partition coefficient (Wildman–Crippen LogP) is 7.59. The number of ether oxygens (including phenoxy) is 3. The number of sulfonamides is 1. The minimum Gasteiger partial charge on any atom is -0.489 e. The average Bonchev–Trinajstić information content (AvgIpc) is 3.72. The molecule has 2 aliphatic heterocycles. The van der Waals surface area contributed by atoms with E-state index in [2.05, 4.69) is 16.4 Å². The SMILES string of the molecule is N#Cc1ccc(-c2ccc(CC(NC(=O)[C@@H]3Cc4cc5c(cc4CN3S(=O)(=O)c3cnc(N)s3)O[C@@H](c3ccc(OCc4ccc(Cl)c(Cl)c4)cc3)CO5)C(=O)O)cc2)cc1. The van der Waals surface area contributed by atoms with Crippen molar-refractivity contribution in [3.05, 3.63) is 153 Å². The molecule has 0 saturated carbocycles. The van der Waals surface area contributed by atoms with Crippen LogP contribution in [-0.4, -0.2) is 53.4 Å². The fraction of sp³-hybridized carbons (Fsp3) is 0.182. The smallest absolute Gasteiger partial charge is 0.326 e.